The first-order valence-electron chi connectivity index (χ1n) is 6.58. The molecular weight excluding hydrogens is 347 g/mol. The Bertz CT molecular complexity index is 916. The lowest BCUT2D eigenvalue weighted by molar-refractivity contribution is -0.0549. The summed E-state index contributed by atoms with van der Waals surface area (Å²) in [6.07, 6.45) is 2.80. The minimum Gasteiger partial charge on any atom is -0.277 e. The second-order valence-corrected chi connectivity index (χ2v) is 6.33. The van der Waals surface area contributed by atoms with Gasteiger partial charge in [-0.1, -0.05) is 36.4 Å². The van der Waals surface area contributed by atoms with Crippen LogP contribution in [0.25, 0.3) is 12.2 Å². The molecule has 9 heteroatoms. The van der Waals surface area contributed by atoms with E-state index >= 15 is 0 Å². The Hall–Kier alpha value is -2.55. The van der Waals surface area contributed by atoms with Crippen LogP contribution in [-0.2, 0) is 10.1 Å². The lowest BCUT2D eigenvalue weighted by atomic mass is 10.2. The fourth-order valence-electron chi connectivity index (χ4n) is 1.80. The number of aryl methyl sites for hydroxylation is 1. The average molecular weight is 359 g/mol. The Morgan fingerprint density at radius 3 is 2.29 bits per heavy atom. The van der Waals surface area contributed by atoms with E-state index in [4.69, 9.17) is 0 Å². The SMILES string of the molecule is Cc1cc(C=Cc2ccccc2)n(OS(=O)(=O)C(F)(F)F)c(=O)c1. The molecule has 0 radical (unpaired) electrons. The number of halogens is 3. The summed E-state index contributed by atoms with van der Waals surface area (Å²) in [5, 5.41) is 0. The van der Waals surface area contributed by atoms with Crippen LogP contribution in [0.2, 0.25) is 0 Å². The molecule has 1 heterocycles. The molecule has 2 rings (SSSR count). The molecule has 0 atom stereocenters. The smallest absolute Gasteiger partial charge is 0.277 e. The van der Waals surface area contributed by atoms with Gasteiger partial charge in [-0.3, -0.25) is 9.08 Å². The molecule has 0 aliphatic heterocycles. The highest BCUT2D eigenvalue weighted by atomic mass is 32.2. The highest BCUT2D eigenvalue weighted by Gasteiger charge is 2.49. The quantitative estimate of drug-likeness (QED) is 0.787. The molecule has 0 saturated carbocycles. The largest absolute Gasteiger partial charge is 0.536 e. The van der Waals surface area contributed by atoms with Crippen molar-refractivity contribution in [3.05, 3.63) is 69.6 Å². The zero-order valence-corrected chi connectivity index (χ0v) is 13.1. The van der Waals surface area contributed by atoms with Gasteiger partial charge in [-0.15, -0.1) is 4.73 Å². The van der Waals surface area contributed by atoms with Crippen molar-refractivity contribution in [1.29, 1.82) is 0 Å². The fraction of sp³-hybridized carbons (Fsp3) is 0.133. The van der Waals surface area contributed by atoms with Crippen LogP contribution < -0.4 is 9.84 Å². The highest BCUT2D eigenvalue weighted by molar-refractivity contribution is 7.87. The first kappa shape index (κ1) is 17.8. The third-order valence-corrected chi connectivity index (χ3v) is 3.78. The third-order valence-electron chi connectivity index (χ3n) is 2.86. The molecule has 24 heavy (non-hydrogen) atoms. The Kier molecular flexibility index (Phi) is 4.83. The lowest BCUT2D eigenvalue weighted by Gasteiger charge is -2.13. The molecule has 0 N–H and O–H groups in total. The van der Waals surface area contributed by atoms with Crippen molar-refractivity contribution in [2.24, 2.45) is 0 Å². The molecule has 5 nitrogen and oxygen atoms in total. The summed E-state index contributed by atoms with van der Waals surface area (Å²) < 4.78 is 63.8. The number of hydrogen-bond acceptors (Lipinski definition) is 4. The van der Waals surface area contributed by atoms with Crippen molar-refractivity contribution >= 4 is 22.3 Å². The monoisotopic (exact) mass is 359 g/mol. The van der Waals surface area contributed by atoms with Crippen LogP contribution in [0.4, 0.5) is 13.2 Å². The first-order chi connectivity index (χ1) is 11.1. The van der Waals surface area contributed by atoms with E-state index < -0.39 is 21.2 Å². The number of rotatable bonds is 4. The second kappa shape index (κ2) is 6.52. The number of alkyl halides is 3. The van der Waals surface area contributed by atoms with Crippen LogP contribution in [0.1, 0.15) is 16.8 Å². The minimum atomic E-state index is -5.96. The van der Waals surface area contributed by atoms with E-state index in [1.54, 1.807) is 37.3 Å². The molecule has 0 aliphatic rings. The topological polar surface area (TPSA) is 65.4 Å². The second-order valence-electron chi connectivity index (χ2n) is 4.81. The number of hydrogen-bond donors (Lipinski definition) is 0. The van der Waals surface area contributed by atoms with Crippen molar-refractivity contribution in [2.75, 3.05) is 0 Å². The Labute approximate surface area is 135 Å². The van der Waals surface area contributed by atoms with Crippen molar-refractivity contribution in [3.63, 3.8) is 0 Å². The lowest BCUT2D eigenvalue weighted by Crippen LogP contribution is -2.38. The van der Waals surface area contributed by atoms with E-state index in [1.165, 1.54) is 18.2 Å². The molecule has 2 aromatic rings. The van der Waals surface area contributed by atoms with Gasteiger partial charge in [0.15, 0.2) is 0 Å². The van der Waals surface area contributed by atoms with Crippen LogP contribution in [-0.4, -0.2) is 18.7 Å². The number of benzene rings is 1. The molecular formula is C15H12F3NO4S. The molecule has 0 aliphatic carbocycles. The van der Waals surface area contributed by atoms with Crippen molar-refractivity contribution in [2.45, 2.75) is 12.4 Å². The maximum atomic E-state index is 12.5. The van der Waals surface area contributed by atoms with Gasteiger partial charge in [-0.2, -0.15) is 21.6 Å². The molecule has 0 bridgehead atoms. The number of nitrogens with zero attached hydrogens (tertiary/aromatic N) is 1. The molecule has 0 spiro atoms. The van der Waals surface area contributed by atoms with E-state index in [-0.39, 0.29) is 10.4 Å². The molecule has 1 aromatic heterocycles. The van der Waals surface area contributed by atoms with Gasteiger partial charge in [0.25, 0.3) is 5.56 Å². The fourth-order valence-corrected chi connectivity index (χ4v) is 2.24. The van der Waals surface area contributed by atoms with E-state index in [0.29, 0.717) is 11.1 Å². The molecule has 1 aromatic carbocycles. The van der Waals surface area contributed by atoms with Crippen molar-refractivity contribution < 1.29 is 25.9 Å². The maximum Gasteiger partial charge on any atom is 0.536 e. The summed E-state index contributed by atoms with van der Waals surface area (Å²) in [5.41, 5.74) is -5.67. The van der Waals surface area contributed by atoms with Gasteiger partial charge in [-0.25, -0.2) is 0 Å². The normalized spacial score (nSPS) is 12.5. The van der Waals surface area contributed by atoms with E-state index in [9.17, 15) is 26.4 Å². The average Bonchev–Trinajstić information content (AvgIpc) is 2.48. The molecule has 0 saturated heterocycles. The van der Waals surface area contributed by atoms with Crippen molar-refractivity contribution in [3.8, 4) is 0 Å². The van der Waals surface area contributed by atoms with Gasteiger partial charge >= 0.3 is 15.6 Å². The van der Waals surface area contributed by atoms with Crippen LogP contribution in [0.15, 0.2) is 47.3 Å². The first-order valence-corrected chi connectivity index (χ1v) is 7.99. The van der Waals surface area contributed by atoms with E-state index in [2.05, 4.69) is 4.28 Å². The number of aromatic nitrogens is 1. The van der Waals surface area contributed by atoms with Gasteiger partial charge < -0.3 is 0 Å². The predicted octanol–water partition coefficient (Wildman–Crippen LogP) is 2.61. The summed E-state index contributed by atoms with van der Waals surface area (Å²) in [5.74, 6) is 0. The van der Waals surface area contributed by atoms with Crippen LogP contribution >= 0.6 is 0 Å². The summed E-state index contributed by atoms with van der Waals surface area (Å²) in [6, 6.07) is 11.0. The summed E-state index contributed by atoms with van der Waals surface area (Å²) >= 11 is 0. The minimum absolute atomic E-state index is 0.0925. The zero-order valence-electron chi connectivity index (χ0n) is 12.3. The van der Waals surface area contributed by atoms with Gasteiger partial charge in [0.1, 0.15) is 0 Å². The summed E-state index contributed by atoms with van der Waals surface area (Å²) in [4.78, 5) is 11.8. The van der Waals surface area contributed by atoms with Gasteiger partial charge in [-0.05, 0) is 30.2 Å². The van der Waals surface area contributed by atoms with Gasteiger partial charge in [0, 0.05) is 6.07 Å². The number of pyridine rings is 1. The van der Waals surface area contributed by atoms with Crippen LogP contribution in [0, 0.1) is 6.92 Å². The highest BCUT2D eigenvalue weighted by Crippen LogP contribution is 2.23. The Balaban J connectivity index is 2.49. The van der Waals surface area contributed by atoms with Gasteiger partial charge in [0.2, 0.25) is 0 Å². The Morgan fingerprint density at radius 1 is 1.08 bits per heavy atom. The molecule has 0 fully saturated rings. The molecule has 0 unspecified atom stereocenters. The van der Waals surface area contributed by atoms with Crippen molar-refractivity contribution in [1.82, 2.24) is 4.73 Å². The standard InChI is InChI=1S/C15H12F3NO4S/c1-11-9-13(8-7-12-5-3-2-4-6-12)19(14(20)10-11)23-24(21,22)15(16,17)18/h2-10H,1H3. The van der Waals surface area contributed by atoms with Gasteiger partial charge in [0.05, 0.1) is 5.69 Å². The summed E-state index contributed by atoms with van der Waals surface area (Å²) in [7, 11) is -5.96. The summed E-state index contributed by atoms with van der Waals surface area (Å²) in [6.45, 7) is 1.55. The molecule has 128 valence electrons. The third kappa shape index (κ3) is 4.05. The van der Waals surface area contributed by atoms with E-state index in [1.807, 2.05) is 0 Å². The predicted molar refractivity (Wildman–Crippen MR) is 82.4 cm³/mol. The Morgan fingerprint density at radius 2 is 1.71 bits per heavy atom. The van der Waals surface area contributed by atoms with E-state index in [0.717, 1.165) is 6.07 Å². The molecule has 0 amide bonds. The van der Waals surface area contributed by atoms with Crippen LogP contribution in [0.5, 0.6) is 0 Å². The van der Waals surface area contributed by atoms with Crippen LogP contribution in [0.3, 0.4) is 0 Å². The maximum absolute atomic E-state index is 12.5. The zero-order chi connectivity index (χ0) is 18.0.